The summed E-state index contributed by atoms with van der Waals surface area (Å²) >= 11 is 0. The van der Waals surface area contributed by atoms with Gasteiger partial charge in [-0.25, -0.2) is 0 Å². The summed E-state index contributed by atoms with van der Waals surface area (Å²) in [6, 6.07) is 7.76. The Balaban J connectivity index is 1.88. The predicted octanol–water partition coefficient (Wildman–Crippen LogP) is 0.735. The molecule has 20 heavy (non-hydrogen) atoms. The summed E-state index contributed by atoms with van der Waals surface area (Å²) < 4.78 is 5.76. The van der Waals surface area contributed by atoms with E-state index in [-0.39, 0.29) is 5.91 Å². The SMILES string of the molecule is CN(C)CCOc1ccccc1CNC(=O)C1(N)CC1. The van der Waals surface area contributed by atoms with Crippen molar-refractivity contribution in [1.82, 2.24) is 10.2 Å². The van der Waals surface area contributed by atoms with Crippen LogP contribution in [0.5, 0.6) is 5.75 Å². The fraction of sp³-hybridized carbons (Fsp3) is 0.533. The first kappa shape index (κ1) is 14.8. The van der Waals surface area contributed by atoms with Crippen molar-refractivity contribution >= 4 is 5.91 Å². The van der Waals surface area contributed by atoms with Crippen LogP contribution in [0.3, 0.4) is 0 Å². The molecule has 1 amide bonds. The summed E-state index contributed by atoms with van der Waals surface area (Å²) in [6.45, 7) is 1.93. The van der Waals surface area contributed by atoms with Crippen molar-refractivity contribution in [3.63, 3.8) is 0 Å². The van der Waals surface area contributed by atoms with Crippen LogP contribution in [0, 0.1) is 0 Å². The van der Waals surface area contributed by atoms with Crippen LogP contribution < -0.4 is 15.8 Å². The van der Waals surface area contributed by atoms with E-state index in [1.54, 1.807) is 0 Å². The minimum Gasteiger partial charge on any atom is -0.492 e. The fourth-order valence-corrected chi connectivity index (χ4v) is 1.84. The second kappa shape index (κ2) is 6.24. The zero-order valence-electron chi connectivity index (χ0n) is 12.2. The van der Waals surface area contributed by atoms with Crippen molar-refractivity contribution in [2.24, 2.45) is 5.73 Å². The molecule has 0 aliphatic heterocycles. The average molecular weight is 277 g/mol. The van der Waals surface area contributed by atoms with Gasteiger partial charge < -0.3 is 20.7 Å². The Morgan fingerprint density at radius 1 is 1.40 bits per heavy atom. The van der Waals surface area contributed by atoms with Gasteiger partial charge in [-0.1, -0.05) is 18.2 Å². The molecule has 0 aromatic heterocycles. The van der Waals surface area contributed by atoms with Gasteiger partial charge in [-0.3, -0.25) is 4.79 Å². The van der Waals surface area contributed by atoms with Crippen LogP contribution in [0.15, 0.2) is 24.3 Å². The summed E-state index contributed by atoms with van der Waals surface area (Å²) in [4.78, 5) is 13.9. The highest BCUT2D eigenvalue weighted by molar-refractivity contribution is 5.88. The van der Waals surface area contributed by atoms with Crippen LogP contribution in [-0.4, -0.2) is 43.6 Å². The number of nitrogens with zero attached hydrogens (tertiary/aromatic N) is 1. The summed E-state index contributed by atoms with van der Waals surface area (Å²) in [5.41, 5.74) is 6.21. The van der Waals surface area contributed by atoms with Gasteiger partial charge in [0.05, 0.1) is 5.54 Å². The number of hydrogen-bond donors (Lipinski definition) is 2. The molecule has 2 rings (SSSR count). The van der Waals surface area contributed by atoms with E-state index < -0.39 is 5.54 Å². The molecule has 5 heteroatoms. The molecule has 0 spiro atoms. The quantitative estimate of drug-likeness (QED) is 0.771. The van der Waals surface area contributed by atoms with Crippen molar-refractivity contribution in [2.45, 2.75) is 24.9 Å². The fourth-order valence-electron chi connectivity index (χ4n) is 1.84. The smallest absolute Gasteiger partial charge is 0.240 e. The van der Waals surface area contributed by atoms with Gasteiger partial charge in [0, 0.05) is 18.7 Å². The molecule has 0 unspecified atom stereocenters. The van der Waals surface area contributed by atoms with Crippen molar-refractivity contribution in [1.29, 1.82) is 0 Å². The van der Waals surface area contributed by atoms with Gasteiger partial charge >= 0.3 is 0 Å². The standard InChI is InChI=1S/C15H23N3O2/c1-18(2)9-10-20-13-6-4-3-5-12(13)11-17-14(19)15(16)7-8-15/h3-6H,7-11,16H2,1-2H3,(H,17,19). The lowest BCUT2D eigenvalue weighted by Crippen LogP contribution is -2.42. The Morgan fingerprint density at radius 2 is 2.10 bits per heavy atom. The van der Waals surface area contributed by atoms with Gasteiger partial charge in [-0.05, 0) is 33.0 Å². The van der Waals surface area contributed by atoms with E-state index in [9.17, 15) is 4.79 Å². The number of rotatable bonds is 7. The molecule has 0 saturated heterocycles. The third kappa shape index (κ3) is 3.95. The second-order valence-corrected chi connectivity index (χ2v) is 5.60. The number of amides is 1. The van der Waals surface area contributed by atoms with Crippen LogP contribution in [0.25, 0.3) is 0 Å². The first-order valence-corrected chi connectivity index (χ1v) is 6.94. The van der Waals surface area contributed by atoms with Crippen molar-refractivity contribution in [3.8, 4) is 5.75 Å². The summed E-state index contributed by atoms with van der Waals surface area (Å²) in [5, 5.41) is 2.89. The van der Waals surface area contributed by atoms with E-state index in [1.807, 2.05) is 38.4 Å². The van der Waals surface area contributed by atoms with Crippen LogP contribution >= 0.6 is 0 Å². The molecule has 0 radical (unpaired) electrons. The highest BCUT2D eigenvalue weighted by Crippen LogP contribution is 2.32. The Kier molecular flexibility index (Phi) is 4.62. The van der Waals surface area contributed by atoms with Gasteiger partial charge in [0.1, 0.15) is 12.4 Å². The minimum atomic E-state index is -0.624. The Labute approximate surface area is 120 Å². The topological polar surface area (TPSA) is 67.6 Å². The Morgan fingerprint density at radius 3 is 2.75 bits per heavy atom. The molecule has 5 nitrogen and oxygen atoms in total. The number of likely N-dealkylation sites (N-methyl/N-ethyl adjacent to an activating group) is 1. The van der Waals surface area contributed by atoms with Gasteiger partial charge in [0.15, 0.2) is 0 Å². The number of carbonyl (C=O) groups is 1. The van der Waals surface area contributed by atoms with Gasteiger partial charge in [0.25, 0.3) is 0 Å². The molecule has 3 N–H and O–H groups in total. The summed E-state index contributed by atoms with van der Waals surface area (Å²) in [6.07, 6.45) is 1.56. The maximum atomic E-state index is 11.8. The lowest BCUT2D eigenvalue weighted by Gasteiger charge is -2.15. The molecule has 1 aliphatic rings. The van der Waals surface area contributed by atoms with E-state index in [4.69, 9.17) is 10.5 Å². The van der Waals surface area contributed by atoms with E-state index >= 15 is 0 Å². The number of nitrogens with two attached hydrogens (primary N) is 1. The average Bonchev–Trinajstić information content (AvgIpc) is 3.16. The number of para-hydroxylation sites is 1. The maximum Gasteiger partial charge on any atom is 0.240 e. The molecule has 0 heterocycles. The molecule has 1 fully saturated rings. The molecule has 1 aliphatic carbocycles. The molecular formula is C15H23N3O2. The highest BCUT2D eigenvalue weighted by Gasteiger charge is 2.45. The number of nitrogens with one attached hydrogen (secondary N) is 1. The zero-order valence-corrected chi connectivity index (χ0v) is 12.2. The molecular weight excluding hydrogens is 254 g/mol. The van der Waals surface area contributed by atoms with Crippen LogP contribution in [0.1, 0.15) is 18.4 Å². The Hall–Kier alpha value is -1.59. The van der Waals surface area contributed by atoms with E-state index in [2.05, 4.69) is 10.2 Å². The van der Waals surface area contributed by atoms with Crippen LogP contribution in [-0.2, 0) is 11.3 Å². The lowest BCUT2D eigenvalue weighted by atomic mass is 10.2. The van der Waals surface area contributed by atoms with E-state index in [0.29, 0.717) is 13.2 Å². The van der Waals surface area contributed by atoms with Crippen molar-refractivity contribution in [2.75, 3.05) is 27.2 Å². The van der Waals surface area contributed by atoms with Gasteiger partial charge in [-0.2, -0.15) is 0 Å². The van der Waals surface area contributed by atoms with Gasteiger partial charge in [0.2, 0.25) is 5.91 Å². The monoisotopic (exact) mass is 277 g/mol. The summed E-state index contributed by atoms with van der Waals surface area (Å²) in [7, 11) is 4.01. The predicted molar refractivity (Wildman–Crippen MR) is 78.5 cm³/mol. The molecule has 1 saturated carbocycles. The highest BCUT2D eigenvalue weighted by atomic mass is 16.5. The molecule has 1 aromatic rings. The third-order valence-electron chi connectivity index (χ3n) is 3.45. The third-order valence-corrected chi connectivity index (χ3v) is 3.45. The first-order valence-electron chi connectivity index (χ1n) is 6.94. The van der Waals surface area contributed by atoms with Crippen molar-refractivity contribution < 1.29 is 9.53 Å². The zero-order chi connectivity index (χ0) is 14.6. The first-order chi connectivity index (χ1) is 9.51. The van der Waals surface area contributed by atoms with Crippen molar-refractivity contribution in [3.05, 3.63) is 29.8 Å². The number of carbonyl (C=O) groups excluding carboxylic acids is 1. The summed E-state index contributed by atoms with van der Waals surface area (Å²) in [5.74, 6) is 0.747. The molecule has 0 atom stereocenters. The number of ether oxygens (including phenoxy) is 1. The molecule has 0 bridgehead atoms. The lowest BCUT2D eigenvalue weighted by molar-refractivity contribution is -0.123. The minimum absolute atomic E-state index is 0.0689. The molecule has 1 aromatic carbocycles. The normalized spacial score (nSPS) is 16.0. The second-order valence-electron chi connectivity index (χ2n) is 5.60. The molecule has 110 valence electrons. The van der Waals surface area contributed by atoms with E-state index in [0.717, 1.165) is 30.7 Å². The Bertz CT molecular complexity index is 470. The largest absolute Gasteiger partial charge is 0.492 e. The number of benzene rings is 1. The van der Waals surface area contributed by atoms with Gasteiger partial charge in [-0.15, -0.1) is 0 Å². The van der Waals surface area contributed by atoms with E-state index in [1.165, 1.54) is 0 Å². The van der Waals surface area contributed by atoms with Crippen LogP contribution in [0.2, 0.25) is 0 Å². The number of hydrogen-bond acceptors (Lipinski definition) is 4. The maximum absolute atomic E-state index is 11.8. The van der Waals surface area contributed by atoms with Crippen LogP contribution in [0.4, 0.5) is 0 Å².